The van der Waals surface area contributed by atoms with Crippen LogP contribution in [0.15, 0.2) is 30.3 Å². The van der Waals surface area contributed by atoms with Crippen molar-refractivity contribution < 1.29 is 47.3 Å². The van der Waals surface area contributed by atoms with Gasteiger partial charge in [0.25, 0.3) is 0 Å². The number of amides is 1. The van der Waals surface area contributed by atoms with E-state index in [0.717, 1.165) is 19.1 Å². The summed E-state index contributed by atoms with van der Waals surface area (Å²) in [7, 11) is -1.27. The van der Waals surface area contributed by atoms with Crippen LogP contribution in [0.1, 0.15) is 45.6 Å². The van der Waals surface area contributed by atoms with Gasteiger partial charge in [-0.1, -0.05) is 37.3 Å². The molecule has 1 fully saturated rings. The fraction of sp³-hybridized carbons (Fsp3) is 0.714. The number of aliphatic hydroxyl groups excluding tert-OH is 1. The third kappa shape index (κ3) is 9.08. The molecule has 0 aliphatic carbocycles. The van der Waals surface area contributed by atoms with Crippen LogP contribution in [0.4, 0.5) is 0 Å². The highest BCUT2D eigenvalue weighted by Crippen LogP contribution is 2.55. The van der Waals surface area contributed by atoms with E-state index in [1.54, 1.807) is 25.9 Å². The number of carbonyl (C=O) groups excluding carboxylic acids is 2. The lowest BCUT2D eigenvalue weighted by Gasteiger charge is -2.37. The van der Waals surface area contributed by atoms with Gasteiger partial charge in [0.2, 0.25) is 5.91 Å². The molecule has 1 aliphatic heterocycles. The first-order valence-corrected chi connectivity index (χ1v) is 15.4. The molecule has 40 heavy (non-hydrogen) atoms. The molecule has 1 aliphatic rings. The summed E-state index contributed by atoms with van der Waals surface area (Å²) < 4.78 is 45.7. The lowest BCUT2D eigenvalue weighted by molar-refractivity contribution is -0.144. The predicted octanol–water partition coefficient (Wildman–Crippen LogP) is 3.63. The van der Waals surface area contributed by atoms with Crippen LogP contribution in [-0.2, 0) is 48.8 Å². The van der Waals surface area contributed by atoms with Gasteiger partial charge >= 0.3 is 13.6 Å². The normalized spacial score (nSPS) is 21.9. The number of aliphatic hydroxyl groups is 1. The Kier molecular flexibility index (Phi) is 14.8. The van der Waals surface area contributed by atoms with Crippen LogP contribution in [0, 0.1) is 11.3 Å². The van der Waals surface area contributed by atoms with Gasteiger partial charge in [-0.15, -0.1) is 0 Å². The van der Waals surface area contributed by atoms with Gasteiger partial charge in [-0.25, -0.2) is 0 Å². The zero-order valence-electron chi connectivity index (χ0n) is 24.4. The van der Waals surface area contributed by atoms with E-state index in [2.05, 4.69) is 0 Å². The molecular weight excluding hydrogens is 541 g/mol. The van der Waals surface area contributed by atoms with Crippen LogP contribution in [-0.4, -0.2) is 94.2 Å². The Hall–Kier alpha value is -1.85. The first-order chi connectivity index (χ1) is 19.2. The Labute approximate surface area is 237 Å². The Morgan fingerprint density at radius 1 is 1.12 bits per heavy atom. The molecule has 0 aromatic heterocycles. The second-order valence-corrected chi connectivity index (χ2v) is 12.2. The molecule has 0 bridgehead atoms. The summed E-state index contributed by atoms with van der Waals surface area (Å²) >= 11 is 0. The third-order valence-electron chi connectivity index (χ3n) is 7.39. The van der Waals surface area contributed by atoms with E-state index in [-0.39, 0.29) is 32.5 Å². The number of hydrogen-bond acceptors (Lipinski definition) is 10. The number of esters is 1. The van der Waals surface area contributed by atoms with Gasteiger partial charge in [0.15, 0.2) is 5.66 Å². The van der Waals surface area contributed by atoms with Crippen molar-refractivity contribution in [2.75, 3.05) is 60.6 Å². The molecular formula is C28H46NO10P. The largest absolute Gasteiger partial charge is 0.468 e. The zero-order valence-corrected chi connectivity index (χ0v) is 25.3. The van der Waals surface area contributed by atoms with Crippen molar-refractivity contribution in [2.24, 2.45) is 11.3 Å². The lowest BCUT2D eigenvalue weighted by Crippen LogP contribution is -2.47. The summed E-state index contributed by atoms with van der Waals surface area (Å²) in [4.78, 5) is 28.0. The van der Waals surface area contributed by atoms with Crippen LogP contribution in [0.25, 0.3) is 0 Å². The molecule has 228 valence electrons. The standard InChI is InChI=1S/C28H46NO10P/c1-6-38-40(33,39-7-2)24(27(32)35-5)16-26(31)29-17-23(14-11-15-36-21-34-4)28(3,25(29)18-30)20-37-19-22-12-9-8-10-13-22/h8-10,12-13,23-25,30H,6-7,11,14-21H2,1-5H3/t23-,24?,25-,28-/m1/s1. The minimum atomic E-state index is -3.99. The first kappa shape index (κ1) is 34.4. The third-order valence-corrected chi connectivity index (χ3v) is 9.78. The molecule has 1 N–H and O–H groups in total. The van der Waals surface area contributed by atoms with E-state index >= 15 is 0 Å². The van der Waals surface area contributed by atoms with Gasteiger partial charge in [-0.2, -0.15) is 0 Å². The summed E-state index contributed by atoms with van der Waals surface area (Å²) in [5.41, 5.74) is -0.998. The highest BCUT2D eigenvalue weighted by atomic mass is 31.2. The van der Waals surface area contributed by atoms with Gasteiger partial charge in [-0.05, 0) is 38.2 Å². The maximum absolute atomic E-state index is 13.7. The van der Waals surface area contributed by atoms with Crippen LogP contribution in [0.2, 0.25) is 0 Å². The highest BCUT2D eigenvalue weighted by Gasteiger charge is 2.53. The van der Waals surface area contributed by atoms with Crippen molar-refractivity contribution in [3.8, 4) is 0 Å². The molecule has 4 atom stereocenters. The van der Waals surface area contributed by atoms with E-state index in [1.807, 2.05) is 37.3 Å². The number of ether oxygens (including phenoxy) is 4. The molecule has 12 heteroatoms. The molecule has 1 unspecified atom stereocenters. The second-order valence-electron chi connectivity index (χ2n) is 10.0. The molecule has 1 aromatic rings. The Bertz CT molecular complexity index is 938. The van der Waals surface area contributed by atoms with Crippen LogP contribution >= 0.6 is 7.60 Å². The number of likely N-dealkylation sites (tertiary alicyclic amines) is 1. The van der Waals surface area contributed by atoms with E-state index in [4.69, 9.17) is 28.0 Å². The fourth-order valence-corrected chi connectivity index (χ4v) is 7.17. The van der Waals surface area contributed by atoms with Gasteiger partial charge in [-0.3, -0.25) is 14.2 Å². The van der Waals surface area contributed by atoms with Gasteiger partial charge in [0.05, 0.1) is 52.6 Å². The number of nitrogens with zero attached hydrogens (tertiary/aromatic N) is 1. The highest BCUT2D eigenvalue weighted by molar-refractivity contribution is 7.55. The molecule has 1 heterocycles. The Balaban J connectivity index is 2.28. The van der Waals surface area contributed by atoms with Crippen LogP contribution < -0.4 is 0 Å². The molecule has 1 amide bonds. The van der Waals surface area contributed by atoms with Crippen molar-refractivity contribution in [1.29, 1.82) is 0 Å². The number of hydrogen-bond donors (Lipinski definition) is 1. The molecule has 0 radical (unpaired) electrons. The van der Waals surface area contributed by atoms with Gasteiger partial charge in [0.1, 0.15) is 6.79 Å². The van der Waals surface area contributed by atoms with Crippen LogP contribution in [0.3, 0.4) is 0 Å². The summed E-state index contributed by atoms with van der Waals surface area (Å²) in [6.45, 7) is 6.75. The molecule has 0 spiro atoms. The SMILES string of the molecule is CCOP(=O)(OCC)C(CC(=O)N1C[C@@H](CCCOCOC)[C@@](C)(COCc2ccccc2)[C@H]1CO)C(=O)OC. The van der Waals surface area contributed by atoms with Crippen molar-refractivity contribution in [1.82, 2.24) is 4.90 Å². The number of methoxy groups -OCH3 is 2. The van der Waals surface area contributed by atoms with Crippen LogP contribution in [0.5, 0.6) is 0 Å². The number of rotatable bonds is 19. The van der Waals surface area contributed by atoms with E-state index in [0.29, 0.717) is 32.8 Å². The first-order valence-electron chi connectivity index (χ1n) is 13.8. The van der Waals surface area contributed by atoms with Gasteiger partial charge in [0, 0.05) is 25.7 Å². The number of benzene rings is 1. The zero-order chi connectivity index (χ0) is 29.6. The average Bonchev–Trinajstić information content (AvgIpc) is 3.22. The smallest absolute Gasteiger partial charge is 0.345 e. The molecule has 1 aromatic carbocycles. The minimum absolute atomic E-state index is 0.0299. The average molecular weight is 588 g/mol. The summed E-state index contributed by atoms with van der Waals surface area (Å²) in [5.74, 6) is -1.32. The monoisotopic (exact) mass is 587 g/mol. The quantitative estimate of drug-likeness (QED) is 0.111. The minimum Gasteiger partial charge on any atom is -0.468 e. The van der Waals surface area contributed by atoms with Crippen molar-refractivity contribution in [3.63, 3.8) is 0 Å². The van der Waals surface area contributed by atoms with Crippen molar-refractivity contribution in [3.05, 3.63) is 35.9 Å². The second kappa shape index (κ2) is 17.2. The van der Waals surface area contributed by atoms with E-state index in [1.165, 1.54) is 0 Å². The molecule has 2 rings (SSSR count). The van der Waals surface area contributed by atoms with Crippen molar-refractivity contribution >= 4 is 19.5 Å². The maximum Gasteiger partial charge on any atom is 0.345 e. The molecule has 0 saturated carbocycles. The Morgan fingerprint density at radius 2 is 1.80 bits per heavy atom. The number of carbonyl (C=O) groups is 2. The van der Waals surface area contributed by atoms with Crippen molar-refractivity contribution in [2.45, 2.75) is 58.3 Å². The van der Waals surface area contributed by atoms with E-state index < -0.39 is 43.0 Å². The predicted molar refractivity (Wildman–Crippen MR) is 149 cm³/mol. The van der Waals surface area contributed by atoms with Gasteiger partial charge < -0.3 is 38.0 Å². The lowest BCUT2D eigenvalue weighted by atomic mass is 9.73. The molecule has 1 saturated heterocycles. The topological polar surface area (TPSA) is 130 Å². The Morgan fingerprint density at radius 3 is 2.38 bits per heavy atom. The van der Waals surface area contributed by atoms with E-state index in [9.17, 15) is 19.3 Å². The summed E-state index contributed by atoms with van der Waals surface area (Å²) in [6.07, 6.45) is 0.994. The molecule has 11 nitrogen and oxygen atoms in total. The summed E-state index contributed by atoms with van der Waals surface area (Å²) in [5, 5.41) is 10.5. The fourth-order valence-electron chi connectivity index (χ4n) is 5.28. The summed E-state index contributed by atoms with van der Waals surface area (Å²) in [6, 6.07) is 9.18. The maximum atomic E-state index is 13.7.